The predicted octanol–water partition coefficient (Wildman–Crippen LogP) is 2.69. The molecule has 3 unspecified atom stereocenters. The molecule has 1 aromatic rings. The monoisotopic (exact) mass is 364 g/mol. The van der Waals surface area contributed by atoms with E-state index in [0.717, 1.165) is 24.0 Å². The molecule has 2 aliphatic rings. The lowest BCUT2D eigenvalue weighted by molar-refractivity contribution is 0.273. The number of likely N-dealkylation sites (tertiary alicyclic amines) is 1. The molecule has 0 amide bonds. The zero-order valence-electron chi connectivity index (χ0n) is 13.1. The first-order chi connectivity index (χ1) is 10.7. The standard InChI is InChI=1S/C17H25BrN4/c1-2-22-9-3-4-14(22)11-20-17(19)21-16-10-15(16)12-5-7-13(18)8-6-12/h5-8,14-16H,2-4,9-11H2,1H3,(H3,19,20,21). The maximum Gasteiger partial charge on any atom is 0.188 e. The molecule has 0 aromatic heterocycles. The highest BCUT2D eigenvalue weighted by Gasteiger charge is 2.38. The van der Waals surface area contributed by atoms with Gasteiger partial charge in [-0.1, -0.05) is 35.0 Å². The molecule has 120 valence electrons. The fourth-order valence-electron chi connectivity index (χ4n) is 3.39. The fourth-order valence-corrected chi connectivity index (χ4v) is 3.65. The van der Waals surface area contributed by atoms with Gasteiger partial charge in [0.05, 0.1) is 6.54 Å². The lowest BCUT2D eigenvalue weighted by Gasteiger charge is -2.21. The lowest BCUT2D eigenvalue weighted by Crippen LogP contribution is -2.37. The molecule has 22 heavy (non-hydrogen) atoms. The van der Waals surface area contributed by atoms with Crippen LogP contribution in [0, 0.1) is 0 Å². The number of hydrogen-bond donors (Lipinski definition) is 2. The highest BCUT2D eigenvalue weighted by Crippen LogP contribution is 2.40. The summed E-state index contributed by atoms with van der Waals surface area (Å²) < 4.78 is 1.12. The number of aliphatic imine (C=N–C) groups is 1. The molecule has 2 fully saturated rings. The molecule has 4 nitrogen and oxygen atoms in total. The van der Waals surface area contributed by atoms with Gasteiger partial charge in [-0.3, -0.25) is 9.89 Å². The maximum absolute atomic E-state index is 6.06. The summed E-state index contributed by atoms with van der Waals surface area (Å²) in [7, 11) is 0. The molecule has 1 aliphatic heterocycles. The van der Waals surface area contributed by atoms with Crippen LogP contribution in [0.2, 0.25) is 0 Å². The SMILES string of the molecule is CCN1CCCC1CN=C(N)NC1CC1c1ccc(Br)cc1. The van der Waals surface area contributed by atoms with Crippen LogP contribution in [0.15, 0.2) is 33.7 Å². The first kappa shape index (κ1) is 15.8. The number of nitrogens with one attached hydrogen (secondary N) is 1. The summed E-state index contributed by atoms with van der Waals surface area (Å²) in [5.74, 6) is 1.17. The maximum atomic E-state index is 6.06. The van der Waals surface area contributed by atoms with Crippen molar-refractivity contribution in [1.29, 1.82) is 0 Å². The third-order valence-corrected chi connectivity index (χ3v) is 5.33. The van der Waals surface area contributed by atoms with Gasteiger partial charge >= 0.3 is 0 Å². The minimum absolute atomic E-state index is 0.441. The molecule has 1 saturated carbocycles. The Morgan fingerprint density at radius 2 is 2.18 bits per heavy atom. The number of likely N-dealkylation sites (N-methyl/N-ethyl adjacent to an activating group) is 1. The van der Waals surface area contributed by atoms with Crippen molar-refractivity contribution in [2.75, 3.05) is 19.6 Å². The summed E-state index contributed by atoms with van der Waals surface area (Å²) in [6.07, 6.45) is 3.67. The highest BCUT2D eigenvalue weighted by molar-refractivity contribution is 9.10. The minimum Gasteiger partial charge on any atom is -0.370 e. The van der Waals surface area contributed by atoms with Crippen LogP contribution < -0.4 is 11.1 Å². The molecule has 5 heteroatoms. The Morgan fingerprint density at radius 1 is 1.41 bits per heavy atom. The van der Waals surface area contributed by atoms with Crippen molar-refractivity contribution in [2.45, 2.75) is 44.2 Å². The van der Waals surface area contributed by atoms with Gasteiger partial charge in [-0.05, 0) is 50.0 Å². The van der Waals surface area contributed by atoms with Crippen molar-refractivity contribution in [1.82, 2.24) is 10.2 Å². The van der Waals surface area contributed by atoms with Crippen LogP contribution in [-0.2, 0) is 0 Å². The van der Waals surface area contributed by atoms with Crippen molar-refractivity contribution >= 4 is 21.9 Å². The number of nitrogens with zero attached hydrogens (tertiary/aromatic N) is 2. The summed E-state index contributed by atoms with van der Waals surface area (Å²) >= 11 is 3.48. The largest absolute Gasteiger partial charge is 0.370 e. The second kappa shape index (κ2) is 7.01. The molecular weight excluding hydrogens is 340 g/mol. The zero-order valence-corrected chi connectivity index (χ0v) is 14.7. The molecule has 1 heterocycles. The van der Waals surface area contributed by atoms with Gasteiger partial charge in [0, 0.05) is 22.5 Å². The third-order valence-electron chi connectivity index (χ3n) is 4.80. The van der Waals surface area contributed by atoms with Gasteiger partial charge < -0.3 is 11.1 Å². The van der Waals surface area contributed by atoms with Gasteiger partial charge in [0.1, 0.15) is 0 Å². The Labute approximate surface area is 141 Å². The van der Waals surface area contributed by atoms with E-state index >= 15 is 0 Å². The molecule has 0 spiro atoms. The number of rotatable bonds is 5. The van der Waals surface area contributed by atoms with Crippen molar-refractivity contribution in [3.63, 3.8) is 0 Å². The molecule has 3 atom stereocenters. The summed E-state index contributed by atoms with van der Waals surface area (Å²) in [5.41, 5.74) is 7.43. The lowest BCUT2D eigenvalue weighted by atomic mass is 10.1. The molecule has 1 aliphatic carbocycles. The van der Waals surface area contributed by atoms with E-state index in [-0.39, 0.29) is 0 Å². The molecular formula is C17H25BrN4. The van der Waals surface area contributed by atoms with Gasteiger partial charge in [-0.2, -0.15) is 0 Å². The van der Waals surface area contributed by atoms with Crippen molar-refractivity contribution in [3.05, 3.63) is 34.3 Å². The van der Waals surface area contributed by atoms with E-state index in [1.165, 1.54) is 24.9 Å². The van der Waals surface area contributed by atoms with Crippen LogP contribution in [0.4, 0.5) is 0 Å². The first-order valence-corrected chi connectivity index (χ1v) is 9.02. The Balaban J connectivity index is 1.47. The van der Waals surface area contributed by atoms with E-state index in [9.17, 15) is 0 Å². The molecule has 3 N–H and O–H groups in total. The van der Waals surface area contributed by atoms with Gasteiger partial charge in [-0.25, -0.2) is 0 Å². The van der Waals surface area contributed by atoms with Crippen LogP contribution in [0.5, 0.6) is 0 Å². The summed E-state index contributed by atoms with van der Waals surface area (Å²) in [4.78, 5) is 7.06. The third kappa shape index (κ3) is 3.82. The van der Waals surface area contributed by atoms with E-state index in [1.807, 2.05) is 0 Å². The number of nitrogens with two attached hydrogens (primary N) is 1. The van der Waals surface area contributed by atoms with E-state index in [1.54, 1.807) is 0 Å². The van der Waals surface area contributed by atoms with Crippen molar-refractivity contribution in [3.8, 4) is 0 Å². The van der Waals surface area contributed by atoms with Gasteiger partial charge in [0.25, 0.3) is 0 Å². The van der Waals surface area contributed by atoms with Gasteiger partial charge in [0.15, 0.2) is 5.96 Å². The van der Waals surface area contributed by atoms with Gasteiger partial charge in [-0.15, -0.1) is 0 Å². The van der Waals surface area contributed by atoms with Crippen LogP contribution in [0.1, 0.15) is 37.7 Å². The van der Waals surface area contributed by atoms with E-state index in [2.05, 4.69) is 62.3 Å². The quantitative estimate of drug-likeness (QED) is 0.623. The second-order valence-electron chi connectivity index (χ2n) is 6.30. The average Bonchev–Trinajstić information content (AvgIpc) is 3.12. The highest BCUT2D eigenvalue weighted by atomic mass is 79.9. The Kier molecular flexibility index (Phi) is 5.03. The van der Waals surface area contributed by atoms with Crippen LogP contribution >= 0.6 is 15.9 Å². The molecule has 0 radical (unpaired) electrons. The van der Waals surface area contributed by atoms with Crippen molar-refractivity contribution in [2.24, 2.45) is 10.7 Å². The predicted molar refractivity (Wildman–Crippen MR) is 95.2 cm³/mol. The molecule has 1 aromatic carbocycles. The number of halogens is 1. The smallest absolute Gasteiger partial charge is 0.188 e. The molecule has 3 rings (SSSR count). The van der Waals surface area contributed by atoms with Crippen LogP contribution in [0.3, 0.4) is 0 Å². The minimum atomic E-state index is 0.441. The first-order valence-electron chi connectivity index (χ1n) is 8.23. The summed E-state index contributed by atoms with van der Waals surface area (Å²) in [6, 6.07) is 9.58. The Morgan fingerprint density at radius 3 is 2.91 bits per heavy atom. The zero-order chi connectivity index (χ0) is 15.5. The fraction of sp³-hybridized carbons (Fsp3) is 0.588. The number of guanidine groups is 1. The van der Waals surface area contributed by atoms with E-state index in [4.69, 9.17) is 5.73 Å². The number of hydrogen-bond acceptors (Lipinski definition) is 2. The second-order valence-corrected chi connectivity index (χ2v) is 7.21. The van der Waals surface area contributed by atoms with E-state index < -0.39 is 0 Å². The van der Waals surface area contributed by atoms with Crippen LogP contribution in [0.25, 0.3) is 0 Å². The average molecular weight is 365 g/mol. The summed E-state index contributed by atoms with van der Waals surface area (Å²) in [5, 5.41) is 3.37. The molecule has 0 bridgehead atoms. The number of benzene rings is 1. The Bertz CT molecular complexity index is 528. The van der Waals surface area contributed by atoms with E-state index in [0.29, 0.717) is 24.0 Å². The molecule has 1 saturated heterocycles. The summed E-state index contributed by atoms with van der Waals surface area (Å²) in [6.45, 7) is 5.36. The topological polar surface area (TPSA) is 53.6 Å². The van der Waals surface area contributed by atoms with Crippen molar-refractivity contribution < 1.29 is 0 Å². The Hall–Kier alpha value is -1.07. The van der Waals surface area contributed by atoms with Gasteiger partial charge in [0.2, 0.25) is 0 Å². The normalized spacial score (nSPS) is 28.8. The van der Waals surface area contributed by atoms with Crippen LogP contribution in [-0.4, -0.2) is 42.6 Å².